The van der Waals surface area contributed by atoms with Crippen molar-refractivity contribution in [3.63, 3.8) is 0 Å². The van der Waals surface area contributed by atoms with Crippen molar-refractivity contribution in [3.05, 3.63) is 0 Å². The molecule has 0 saturated carbocycles. The van der Waals surface area contributed by atoms with Crippen molar-refractivity contribution in [1.29, 1.82) is 0 Å². The van der Waals surface area contributed by atoms with Crippen molar-refractivity contribution in [1.82, 2.24) is 0 Å². The molecule has 0 aromatic carbocycles. The number of carboxylic acids is 2. The van der Waals surface area contributed by atoms with E-state index in [9.17, 15) is 19.8 Å². The molecule has 0 amide bonds. The first kappa shape index (κ1) is 21.2. The van der Waals surface area contributed by atoms with E-state index in [1.807, 2.05) is 0 Å². The van der Waals surface area contributed by atoms with Crippen LogP contribution in [0.15, 0.2) is 0 Å². The number of carboxylic acid groups (broad SMARTS) is 2. The van der Waals surface area contributed by atoms with E-state index in [1.165, 1.54) is 51.4 Å². The second-order valence-electron chi connectivity index (χ2n) is 8.54. The molecule has 0 aromatic rings. The van der Waals surface area contributed by atoms with Gasteiger partial charge in [0.15, 0.2) is 0 Å². The summed E-state index contributed by atoms with van der Waals surface area (Å²) in [7, 11) is 0. The Morgan fingerprint density at radius 3 is 1.85 bits per heavy atom. The molecule has 2 aliphatic heterocycles. The summed E-state index contributed by atoms with van der Waals surface area (Å²) >= 11 is 0. The molecule has 2 heterocycles. The molecule has 0 radical (unpaired) electrons. The van der Waals surface area contributed by atoms with Crippen LogP contribution in [0.4, 0.5) is 0 Å². The molecule has 2 N–H and O–H groups in total. The zero-order valence-electron chi connectivity index (χ0n) is 16.5. The number of carbonyl (C=O) groups is 2. The minimum Gasteiger partial charge on any atom is -0.481 e. The summed E-state index contributed by atoms with van der Waals surface area (Å²) in [5.41, 5.74) is -1.60. The minimum atomic E-state index is -1.04. The number of hydrogen-bond donors (Lipinski definition) is 2. The lowest BCUT2D eigenvalue weighted by Crippen LogP contribution is -2.47. The molecule has 0 aromatic heterocycles. The third kappa shape index (κ3) is 4.59. The van der Waals surface area contributed by atoms with Gasteiger partial charge in [-0.3, -0.25) is 9.59 Å². The fraction of sp³-hybridized carbons (Fsp3) is 0.905. The van der Waals surface area contributed by atoms with Crippen LogP contribution in [0.5, 0.6) is 0 Å². The molecule has 2 unspecified atom stereocenters. The highest BCUT2D eigenvalue weighted by Crippen LogP contribution is 2.59. The number of ether oxygens (including phenoxy) is 1. The zero-order chi connectivity index (χ0) is 19.2. The summed E-state index contributed by atoms with van der Waals surface area (Å²) < 4.78 is 6.12. The average Bonchev–Trinajstić information content (AvgIpc) is 3.05. The maximum atomic E-state index is 11.8. The molecule has 2 saturated heterocycles. The van der Waals surface area contributed by atoms with Crippen LogP contribution in [-0.2, 0) is 14.3 Å². The summed E-state index contributed by atoms with van der Waals surface area (Å²) in [6.45, 7) is 4.00. The summed E-state index contributed by atoms with van der Waals surface area (Å²) in [6.07, 6.45) is 14.3. The highest BCUT2D eigenvalue weighted by molar-refractivity contribution is 5.83. The number of aliphatic carboxylic acids is 2. The molecular formula is C21H36O5. The van der Waals surface area contributed by atoms with Gasteiger partial charge in [-0.05, 0) is 26.2 Å². The Hall–Kier alpha value is -1.10. The summed E-state index contributed by atoms with van der Waals surface area (Å²) in [5.74, 6) is -3.91. The van der Waals surface area contributed by atoms with Crippen molar-refractivity contribution >= 4 is 11.9 Å². The smallest absolute Gasteiger partial charge is 0.310 e. The Balaban J connectivity index is 1.74. The molecule has 2 fully saturated rings. The van der Waals surface area contributed by atoms with Crippen LogP contribution in [0.2, 0.25) is 0 Å². The fourth-order valence-electron chi connectivity index (χ4n) is 5.14. The molecule has 26 heavy (non-hydrogen) atoms. The lowest BCUT2D eigenvalue weighted by Gasteiger charge is -2.33. The van der Waals surface area contributed by atoms with Crippen LogP contribution in [0.25, 0.3) is 0 Å². The van der Waals surface area contributed by atoms with Crippen LogP contribution in [-0.4, -0.2) is 33.4 Å². The van der Waals surface area contributed by atoms with Crippen LogP contribution in [0, 0.1) is 11.8 Å². The van der Waals surface area contributed by atoms with Gasteiger partial charge in [0.25, 0.3) is 0 Å². The van der Waals surface area contributed by atoms with Crippen LogP contribution in [0.1, 0.15) is 97.3 Å². The Labute approximate surface area is 157 Å². The van der Waals surface area contributed by atoms with Crippen LogP contribution >= 0.6 is 0 Å². The first-order chi connectivity index (χ1) is 12.4. The number of rotatable bonds is 13. The molecule has 0 aliphatic carbocycles. The van der Waals surface area contributed by atoms with Crippen molar-refractivity contribution in [2.75, 3.05) is 0 Å². The molecule has 4 atom stereocenters. The van der Waals surface area contributed by atoms with E-state index in [4.69, 9.17) is 4.74 Å². The van der Waals surface area contributed by atoms with Gasteiger partial charge in [-0.2, -0.15) is 0 Å². The molecule has 2 aliphatic rings. The van der Waals surface area contributed by atoms with Crippen molar-refractivity contribution < 1.29 is 24.5 Å². The fourth-order valence-corrected chi connectivity index (χ4v) is 5.14. The van der Waals surface area contributed by atoms with Gasteiger partial charge in [-0.25, -0.2) is 0 Å². The van der Waals surface area contributed by atoms with E-state index < -0.39 is 35.0 Å². The number of unbranched alkanes of at least 4 members (excludes halogenated alkanes) is 9. The van der Waals surface area contributed by atoms with Gasteiger partial charge in [0.2, 0.25) is 0 Å². The predicted molar refractivity (Wildman–Crippen MR) is 100 cm³/mol. The van der Waals surface area contributed by atoms with E-state index in [2.05, 4.69) is 6.92 Å². The second kappa shape index (κ2) is 9.20. The Morgan fingerprint density at radius 2 is 1.35 bits per heavy atom. The second-order valence-corrected chi connectivity index (χ2v) is 8.54. The molecule has 150 valence electrons. The monoisotopic (exact) mass is 368 g/mol. The van der Waals surface area contributed by atoms with Crippen LogP contribution < -0.4 is 0 Å². The van der Waals surface area contributed by atoms with Gasteiger partial charge in [-0.1, -0.05) is 71.1 Å². The quantitative estimate of drug-likeness (QED) is 0.446. The third-order valence-corrected chi connectivity index (χ3v) is 6.52. The SMILES string of the molecule is CCCCCCCCCCCC[C@@]12CC[C@@](C)(O1)C(C(=O)O)C2C(=O)O. The number of hydrogen-bond acceptors (Lipinski definition) is 3. The van der Waals surface area contributed by atoms with E-state index in [-0.39, 0.29) is 0 Å². The highest BCUT2D eigenvalue weighted by atomic mass is 16.5. The topological polar surface area (TPSA) is 83.8 Å². The maximum Gasteiger partial charge on any atom is 0.310 e. The lowest BCUT2D eigenvalue weighted by atomic mass is 9.65. The first-order valence-electron chi connectivity index (χ1n) is 10.5. The first-order valence-corrected chi connectivity index (χ1v) is 10.5. The molecule has 2 bridgehead atoms. The van der Waals surface area contributed by atoms with Gasteiger partial charge in [0.1, 0.15) is 11.8 Å². The van der Waals surface area contributed by atoms with E-state index in [0.717, 1.165) is 12.8 Å². The zero-order valence-corrected chi connectivity index (χ0v) is 16.5. The molecule has 5 nitrogen and oxygen atoms in total. The van der Waals surface area contributed by atoms with Crippen molar-refractivity contribution in [3.8, 4) is 0 Å². The van der Waals surface area contributed by atoms with Crippen molar-refractivity contribution in [2.24, 2.45) is 11.8 Å². The molecular weight excluding hydrogens is 332 g/mol. The maximum absolute atomic E-state index is 11.8. The highest BCUT2D eigenvalue weighted by Gasteiger charge is 2.69. The van der Waals surface area contributed by atoms with Gasteiger partial charge < -0.3 is 14.9 Å². The van der Waals surface area contributed by atoms with Gasteiger partial charge in [-0.15, -0.1) is 0 Å². The van der Waals surface area contributed by atoms with Crippen molar-refractivity contribution in [2.45, 2.75) is 109 Å². The van der Waals surface area contributed by atoms with E-state index in [1.54, 1.807) is 6.92 Å². The van der Waals surface area contributed by atoms with Gasteiger partial charge >= 0.3 is 11.9 Å². The standard InChI is InChI=1S/C21H36O5/c1-3-4-5-6-7-8-9-10-11-12-13-21-15-14-20(2,26-21)16(18(22)23)17(21)19(24)25/h16-17H,3-15H2,1-2H3,(H,22,23)(H,24,25)/t16?,17?,20-,21+/m1/s1. The van der Waals surface area contributed by atoms with Crippen LogP contribution in [0.3, 0.4) is 0 Å². The summed E-state index contributed by atoms with van der Waals surface area (Å²) in [6, 6.07) is 0. The normalized spacial score (nSPS) is 32.8. The summed E-state index contributed by atoms with van der Waals surface area (Å²) in [5, 5.41) is 19.2. The average molecular weight is 369 g/mol. The Bertz CT molecular complexity index is 491. The van der Waals surface area contributed by atoms with E-state index >= 15 is 0 Å². The van der Waals surface area contributed by atoms with Gasteiger partial charge in [0, 0.05) is 0 Å². The predicted octanol–water partition coefficient (Wildman–Crippen LogP) is 5.02. The minimum absolute atomic E-state index is 0.644. The Morgan fingerprint density at radius 1 is 0.846 bits per heavy atom. The number of fused-ring (bicyclic) bond motifs is 2. The molecule has 5 heteroatoms. The lowest BCUT2D eigenvalue weighted by molar-refractivity contribution is -0.157. The molecule has 2 rings (SSSR count). The third-order valence-electron chi connectivity index (χ3n) is 6.52. The largest absolute Gasteiger partial charge is 0.481 e. The van der Waals surface area contributed by atoms with E-state index in [0.29, 0.717) is 19.3 Å². The molecule has 0 spiro atoms. The Kier molecular flexibility index (Phi) is 7.51. The van der Waals surface area contributed by atoms with Gasteiger partial charge in [0.05, 0.1) is 11.2 Å². The summed E-state index contributed by atoms with van der Waals surface area (Å²) in [4.78, 5) is 23.4.